The van der Waals surface area contributed by atoms with Gasteiger partial charge < -0.3 is 0 Å². The van der Waals surface area contributed by atoms with E-state index in [0.29, 0.717) is 5.47 Å². The molecule has 0 bridgehead atoms. The molecule has 0 aromatic rings. The molecule has 0 amide bonds. The van der Waals surface area contributed by atoms with E-state index in [-0.39, 0.29) is 0 Å². The molecule has 0 rings (SSSR count). The van der Waals surface area contributed by atoms with Gasteiger partial charge in [-0.2, -0.15) is 0 Å². The standard InChI is InChI=1S/C7H7B/c1-3-4-5-6-7(2)8/h3-4H,1H2,2H3. The number of rotatable bonds is 1. The van der Waals surface area contributed by atoms with Gasteiger partial charge in [0.05, 0.1) is 0 Å². The average Bonchev–Trinajstić information content (AvgIpc) is 1.66. The third-order valence-electron chi connectivity index (χ3n) is 0.471. The zero-order valence-corrected chi connectivity index (χ0v) is 4.94. The van der Waals surface area contributed by atoms with Crippen LogP contribution in [-0.2, 0) is 0 Å². The highest BCUT2D eigenvalue weighted by molar-refractivity contribution is 6.20. The monoisotopic (exact) mass is 102 g/mol. The first kappa shape index (κ1) is 7.10. The number of hydrogen-bond acceptors (Lipinski definition) is 0. The van der Waals surface area contributed by atoms with Gasteiger partial charge in [0.15, 0.2) is 0 Å². The molecule has 0 heterocycles. The Kier molecular flexibility index (Phi) is 3.79. The lowest BCUT2D eigenvalue weighted by molar-refractivity contribution is 1.69. The quantitative estimate of drug-likeness (QED) is 0.267. The first-order chi connectivity index (χ1) is 3.77. The SMILES string of the molecule is [B]C(C)=C=C=CC=C. The molecule has 0 aromatic heterocycles. The van der Waals surface area contributed by atoms with Crippen molar-refractivity contribution in [2.45, 2.75) is 6.92 Å². The van der Waals surface area contributed by atoms with Crippen molar-refractivity contribution in [2.24, 2.45) is 0 Å². The van der Waals surface area contributed by atoms with E-state index in [9.17, 15) is 0 Å². The Hall–Kier alpha value is -0.895. The summed E-state index contributed by atoms with van der Waals surface area (Å²) in [5, 5.41) is 0. The normalized spacial score (nSPS) is 6.12. The number of hydrogen-bond donors (Lipinski definition) is 0. The summed E-state index contributed by atoms with van der Waals surface area (Å²) in [7, 11) is 5.22. The van der Waals surface area contributed by atoms with E-state index in [1.807, 2.05) is 0 Å². The van der Waals surface area contributed by atoms with Gasteiger partial charge in [0.1, 0.15) is 7.85 Å². The molecule has 0 aliphatic heterocycles. The molecule has 0 N–H and O–H groups in total. The molecule has 0 saturated heterocycles. The summed E-state index contributed by atoms with van der Waals surface area (Å²) in [5.41, 5.74) is 5.97. The topological polar surface area (TPSA) is 0 Å². The van der Waals surface area contributed by atoms with Gasteiger partial charge in [-0.15, -0.1) is 0 Å². The van der Waals surface area contributed by atoms with Crippen molar-refractivity contribution in [3.63, 3.8) is 0 Å². The second-order valence-electron chi connectivity index (χ2n) is 1.35. The van der Waals surface area contributed by atoms with Crippen LogP contribution in [0.4, 0.5) is 0 Å². The Labute approximate surface area is 51.3 Å². The predicted octanol–water partition coefficient (Wildman–Crippen LogP) is 1.55. The van der Waals surface area contributed by atoms with Crippen molar-refractivity contribution >= 4 is 7.85 Å². The molecule has 8 heavy (non-hydrogen) atoms. The first-order valence-electron chi connectivity index (χ1n) is 2.32. The summed E-state index contributed by atoms with van der Waals surface area (Å²) < 4.78 is 0. The van der Waals surface area contributed by atoms with E-state index in [2.05, 4.69) is 18.0 Å². The summed E-state index contributed by atoms with van der Waals surface area (Å²) in [4.78, 5) is 0. The first-order valence-corrected chi connectivity index (χ1v) is 2.32. The van der Waals surface area contributed by atoms with Crippen molar-refractivity contribution in [1.82, 2.24) is 0 Å². The highest BCUT2D eigenvalue weighted by Crippen LogP contribution is 1.74. The average molecular weight is 102 g/mol. The summed E-state index contributed by atoms with van der Waals surface area (Å²) in [6.45, 7) is 5.20. The van der Waals surface area contributed by atoms with Crippen molar-refractivity contribution in [1.29, 1.82) is 0 Å². The van der Waals surface area contributed by atoms with Crippen LogP contribution >= 0.6 is 0 Å². The number of allylic oxidation sites excluding steroid dienone is 3. The lowest BCUT2D eigenvalue weighted by Crippen LogP contribution is -1.60. The Bertz CT molecular complexity index is 161. The molecule has 0 nitrogen and oxygen atoms in total. The third-order valence-corrected chi connectivity index (χ3v) is 0.471. The van der Waals surface area contributed by atoms with E-state index in [4.69, 9.17) is 7.85 Å². The maximum absolute atomic E-state index is 5.22. The summed E-state index contributed by atoms with van der Waals surface area (Å²) >= 11 is 0. The van der Waals surface area contributed by atoms with Gasteiger partial charge in [-0.3, -0.25) is 0 Å². The Morgan fingerprint density at radius 3 is 2.75 bits per heavy atom. The molecule has 0 spiro atoms. The smallest absolute Gasteiger partial charge is 0.0984 e. The zero-order valence-electron chi connectivity index (χ0n) is 4.94. The Morgan fingerprint density at radius 2 is 2.38 bits per heavy atom. The fourth-order valence-electron chi connectivity index (χ4n) is 0.214. The molecule has 0 fully saturated rings. The molecule has 0 aromatic carbocycles. The minimum absolute atomic E-state index is 0.628. The fourth-order valence-corrected chi connectivity index (χ4v) is 0.214. The van der Waals surface area contributed by atoms with Gasteiger partial charge in [0.25, 0.3) is 0 Å². The van der Waals surface area contributed by atoms with Crippen molar-refractivity contribution in [3.8, 4) is 0 Å². The van der Waals surface area contributed by atoms with Crippen LogP contribution in [0.1, 0.15) is 6.92 Å². The van der Waals surface area contributed by atoms with Crippen molar-refractivity contribution < 1.29 is 0 Å². The van der Waals surface area contributed by atoms with Gasteiger partial charge in [-0.1, -0.05) is 29.6 Å². The Balaban J connectivity index is 4.21. The van der Waals surface area contributed by atoms with Crippen LogP contribution in [0.25, 0.3) is 0 Å². The van der Waals surface area contributed by atoms with Gasteiger partial charge in [0.2, 0.25) is 0 Å². The summed E-state index contributed by atoms with van der Waals surface area (Å²) in [6.07, 6.45) is 3.27. The van der Waals surface area contributed by atoms with Crippen LogP contribution in [0.3, 0.4) is 0 Å². The summed E-state index contributed by atoms with van der Waals surface area (Å²) in [6, 6.07) is 0. The Morgan fingerprint density at radius 1 is 1.75 bits per heavy atom. The maximum atomic E-state index is 5.22. The van der Waals surface area contributed by atoms with E-state index in [1.54, 1.807) is 19.1 Å². The molecule has 0 aliphatic carbocycles. The van der Waals surface area contributed by atoms with E-state index in [0.717, 1.165) is 0 Å². The van der Waals surface area contributed by atoms with Gasteiger partial charge in [-0.05, 0) is 13.0 Å². The zero-order chi connectivity index (χ0) is 6.41. The molecule has 0 atom stereocenters. The molecule has 1 heteroatoms. The van der Waals surface area contributed by atoms with Crippen molar-refractivity contribution in [2.75, 3.05) is 0 Å². The van der Waals surface area contributed by atoms with Crippen LogP contribution < -0.4 is 0 Å². The maximum Gasteiger partial charge on any atom is 0.119 e. The highest BCUT2D eigenvalue weighted by Gasteiger charge is 1.61. The largest absolute Gasteiger partial charge is 0.119 e. The lowest BCUT2D eigenvalue weighted by atomic mass is 10.00. The van der Waals surface area contributed by atoms with Gasteiger partial charge >= 0.3 is 0 Å². The lowest BCUT2D eigenvalue weighted by Gasteiger charge is -1.68. The van der Waals surface area contributed by atoms with Crippen LogP contribution in [0, 0.1) is 0 Å². The van der Waals surface area contributed by atoms with Gasteiger partial charge in [-0.25, -0.2) is 0 Å². The highest BCUT2D eigenvalue weighted by atomic mass is 13.6. The van der Waals surface area contributed by atoms with Crippen LogP contribution in [0.2, 0.25) is 0 Å². The molecule has 0 unspecified atom stereocenters. The van der Waals surface area contributed by atoms with E-state index >= 15 is 0 Å². The molecular formula is C7H7B. The minimum Gasteiger partial charge on any atom is -0.0984 e. The van der Waals surface area contributed by atoms with E-state index < -0.39 is 0 Å². The van der Waals surface area contributed by atoms with Crippen molar-refractivity contribution in [3.05, 3.63) is 35.7 Å². The minimum atomic E-state index is 0.628. The predicted molar refractivity (Wildman–Crippen MR) is 36.7 cm³/mol. The van der Waals surface area contributed by atoms with Gasteiger partial charge in [0, 0.05) is 0 Å². The van der Waals surface area contributed by atoms with Crippen LogP contribution in [-0.4, -0.2) is 7.85 Å². The fraction of sp³-hybridized carbons (Fsp3) is 0.143. The van der Waals surface area contributed by atoms with Crippen LogP contribution in [0.5, 0.6) is 0 Å². The summed E-state index contributed by atoms with van der Waals surface area (Å²) in [5.74, 6) is 0. The molecule has 0 saturated carbocycles. The molecule has 38 valence electrons. The van der Waals surface area contributed by atoms with E-state index in [1.165, 1.54) is 0 Å². The van der Waals surface area contributed by atoms with Crippen LogP contribution in [0.15, 0.2) is 35.7 Å². The third kappa shape index (κ3) is 5.10. The molecule has 2 radical (unpaired) electrons. The second kappa shape index (κ2) is 4.27. The molecule has 0 aliphatic rings. The molecular weight excluding hydrogens is 94.9 g/mol. The second-order valence-corrected chi connectivity index (χ2v) is 1.35.